The van der Waals surface area contributed by atoms with Crippen molar-refractivity contribution in [2.24, 2.45) is 0 Å². The highest BCUT2D eigenvalue weighted by atomic mass is 32.2. The summed E-state index contributed by atoms with van der Waals surface area (Å²) in [7, 11) is 1.70. The van der Waals surface area contributed by atoms with Gasteiger partial charge >= 0.3 is 5.97 Å². The zero-order chi connectivity index (χ0) is 18.3. The molecule has 0 atom stereocenters. The van der Waals surface area contributed by atoms with Crippen LogP contribution in [-0.4, -0.2) is 23.9 Å². The SMILES string of the molecule is COc1cc(C)c(SC/C(C)=C/C=C/C(C)=C/C(=O)O)c(C)c1C. The van der Waals surface area contributed by atoms with Crippen LogP contribution >= 0.6 is 11.8 Å². The van der Waals surface area contributed by atoms with Gasteiger partial charge in [0.05, 0.1) is 7.11 Å². The Morgan fingerprint density at radius 3 is 2.50 bits per heavy atom. The van der Waals surface area contributed by atoms with Gasteiger partial charge in [0.25, 0.3) is 0 Å². The topological polar surface area (TPSA) is 46.5 Å². The van der Waals surface area contributed by atoms with E-state index in [2.05, 4.69) is 33.8 Å². The molecule has 0 aliphatic rings. The second-order valence-corrected chi connectivity index (χ2v) is 6.85. The molecule has 0 spiro atoms. The van der Waals surface area contributed by atoms with Crippen LogP contribution in [0.5, 0.6) is 5.75 Å². The Morgan fingerprint density at radius 1 is 1.25 bits per heavy atom. The molecule has 1 aromatic carbocycles. The molecule has 0 aromatic heterocycles. The molecule has 0 fully saturated rings. The van der Waals surface area contributed by atoms with Gasteiger partial charge in [0.2, 0.25) is 0 Å². The maximum atomic E-state index is 10.6. The number of methoxy groups -OCH3 is 1. The van der Waals surface area contributed by atoms with Crippen LogP contribution < -0.4 is 4.74 Å². The Labute approximate surface area is 149 Å². The second kappa shape index (κ2) is 9.38. The van der Waals surface area contributed by atoms with Gasteiger partial charge in [-0.3, -0.25) is 0 Å². The highest BCUT2D eigenvalue weighted by molar-refractivity contribution is 7.99. The van der Waals surface area contributed by atoms with E-state index in [9.17, 15) is 4.79 Å². The number of aryl methyl sites for hydroxylation is 1. The molecule has 3 nitrogen and oxygen atoms in total. The molecule has 24 heavy (non-hydrogen) atoms. The lowest BCUT2D eigenvalue weighted by molar-refractivity contribution is -0.131. The molecule has 1 aromatic rings. The maximum absolute atomic E-state index is 10.6. The van der Waals surface area contributed by atoms with Crippen molar-refractivity contribution in [3.63, 3.8) is 0 Å². The first-order valence-electron chi connectivity index (χ1n) is 7.79. The lowest BCUT2D eigenvalue weighted by Crippen LogP contribution is -1.96. The summed E-state index contributed by atoms with van der Waals surface area (Å²) >= 11 is 1.82. The fourth-order valence-corrected chi connectivity index (χ4v) is 3.42. The largest absolute Gasteiger partial charge is 0.496 e. The summed E-state index contributed by atoms with van der Waals surface area (Å²) in [5.74, 6) is 0.902. The predicted octanol–water partition coefficient (Wildman–Crippen LogP) is 5.25. The van der Waals surface area contributed by atoms with Gasteiger partial charge in [0.15, 0.2) is 0 Å². The van der Waals surface area contributed by atoms with Crippen molar-refractivity contribution in [2.45, 2.75) is 39.5 Å². The minimum atomic E-state index is -0.922. The number of rotatable bonds is 7. The zero-order valence-electron chi connectivity index (χ0n) is 15.3. The first kappa shape index (κ1) is 20.1. The lowest BCUT2D eigenvalue weighted by atomic mass is 10.1. The van der Waals surface area contributed by atoms with Crippen LogP contribution in [0.25, 0.3) is 0 Å². The van der Waals surface area contributed by atoms with Gasteiger partial charge in [-0.1, -0.05) is 23.8 Å². The van der Waals surface area contributed by atoms with Crippen molar-refractivity contribution < 1.29 is 14.6 Å². The molecule has 0 saturated heterocycles. The van der Waals surface area contributed by atoms with E-state index < -0.39 is 5.97 Å². The Kier molecular flexibility index (Phi) is 7.86. The number of hydrogen-bond acceptors (Lipinski definition) is 3. The van der Waals surface area contributed by atoms with E-state index in [4.69, 9.17) is 9.84 Å². The number of hydrogen-bond donors (Lipinski definition) is 1. The molecule has 130 valence electrons. The van der Waals surface area contributed by atoms with Gasteiger partial charge in [0, 0.05) is 16.7 Å². The summed E-state index contributed by atoms with van der Waals surface area (Å²) in [4.78, 5) is 11.9. The Bertz CT molecular complexity index is 697. The summed E-state index contributed by atoms with van der Waals surface area (Å²) in [6.45, 7) is 10.2. The van der Waals surface area contributed by atoms with Crippen LogP contribution in [0.4, 0.5) is 0 Å². The highest BCUT2D eigenvalue weighted by Gasteiger charge is 2.11. The fraction of sp³-hybridized carbons (Fsp3) is 0.350. The van der Waals surface area contributed by atoms with Crippen LogP contribution in [0.1, 0.15) is 30.5 Å². The monoisotopic (exact) mass is 346 g/mol. The number of allylic oxidation sites excluding steroid dienone is 4. The average molecular weight is 346 g/mol. The molecule has 0 amide bonds. The van der Waals surface area contributed by atoms with Crippen LogP contribution in [0.3, 0.4) is 0 Å². The van der Waals surface area contributed by atoms with Gasteiger partial charge in [-0.15, -0.1) is 11.8 Å². The van der Waals surface area contributed by atoms with E-state index >= 15 is 0 Å². The Morgan fingerprint density at radius 2 is 1.92 bits per heavy atom. The predicted molar refractivity (Wildman–Crippen MR) is 102 cm³/mol. The van der Waals surface area contributed by atoms with Crippen LogP contribution in [0, 0.1) is 20.8 Å². The van der Waals surface area contributed by atoms with Crippen LogP contribution in [-0.2, 0) is 4.79 Å². The van der Waals surface area contributed by atoms with E-state index in [1.54, 1.807) is 20.1 Å². The van der Waals surface area contributed by atoms with Crippen molar-refractivity contribution in [2.75, 3.05) is 12.9 Å². The highest BCUT2D eigenvalue weighted by Crippen LogP contribution is 2.34. The summed E-state index contributed by atoms with van der Waals surface area (Å²) in [5.41, 5.74) is 5.62. The number of ether oxygens (including phenoxy) is 1. The van der Waals surface area contributed by atoms with Crippen molar-refractivity contribution in [1.29, 1.82) is 0 Å². The van der Waals surface area contributed by atoms with Gasteiger partial charge in [0.1, 0.15) is 5.75 Å². The number of carbonyl (C=O) groups is 1. The number of carboxylic acid groups (broad SMARTS) is 1. The molecule has 0 heterocycles. The standard InChI is InChI=1S/C20H26O3S/c1-13(10-19(21)22)8-7-9-14(2)12-24-20-15(3)11-18(23-6)16(4)17(20)5/h7-11H,12H2,1-6H3,(H,21,22)/b8-7+,13-10+,14-9+. The molecule has 0 aliphatic carbocycles. The van der Waals surface area contributed by atoms with Crippen molar-refractivity contribution >= 4 is 17.7 Å². The summed E-state index contributed by atoms with van der Waals surface area (Å²) in [6, 6.07) is 2.09. The molecule has 0 saturated carbocycles. The number of thioether (sulfide) groups is 1. The molecular weight excluding hydrogens is 320 g/mol. The third-order valence-electron chi connectivity index (χ3n) is 3.73. The van der Waals surface area contributed by atoms with E-state index in [-0.39, 0.29) is 0 Å². The summed E-state index contributed by atoms with van der Waals surface area (Å²) in [5, 5.41) is 8.68. The molecule has 4 heteroatoms. The maximum Gasteiger partial charge on any atom is 0.328 e. The van der Waals surface area contributed by atoms with Crippen molar-refractivity contribution in [1.82, 2.24) is 0 Å². The number of benzene rings is 1. The molecular formula is C20H26O3S. The smallest absolute Gasteiger partial charge is 0.328 e. The molecule has 0 unspecified atom stereocenters. The number of carboxylic acids is 1. The molecule has 1 N–H and O–H groups in total. The molecule has 0 aliphatic heterocycles. The Hall–Kier alpha value is -1.94. The van der Waals surface area contributed by atoms with Crippen LogP contribution in [0.15, 0.2) is 46.4 Å². The molecule has 0 bridgehead atoms. The summed E-state index contributed by atoms with van der Waals surface area (Å²) in [6.07, 6.45) is 6.91. The molecule has 1 rings (SSSR count). The van der Waals surface area contributed by atoms with Gasteiger partial charge in [-0.2, -0.15) is 0 Å². The zero-order valence-corrected chi connectivity index (χ0v) is 16.1. The van der Waals surface area contributed by atoms with E-state index in [0.29, 0.717) is 0 Å². The third kappa shape index (κ3) is 5.93. The fourth-order valence-electron chi connectivity index (χ4n) is 2.30. The van der Waals surface area contributed by atoms with E-state index in [1.165, 1.54) is 33.2 Å². The molecule has 0 radical (unpaired) electrons. The van der Waals surface area contributed by atoms with E-state index in [1.807, 2.05) is 23.9 Å². The first-order valence-corrected chi connectivity index (χ1v) is 8.77. The third-order valence-corrected chi connectivity index (χ3v) is 5.25. The number of aliphatic carboxylic acids is 1. The second-order valence-electron chi connectivity index (χ2n) is 5.86. The van der Waals surface area contributed by atoms with E-state index in [0.717, 1.165) is 17.1 Å². The van der Waals surface area contributed by atoms with Crippen LogP contribution in [0.2, 0.25) is 0 Å². The van der Waals surface area contributed by atoms with Gasteiger partial charge in [-0.25, -0.2) is 4.79 Å². The quantitative estimate of drug-likeness (QED) is 0.416. The van der Waals surface area contributed by atoms with Gasteiger partial charge < -0.3 is 9.84 Å². The first-order chi connectivity index (χ1) is 11.3. The average Bonchev–Trinajstić information content (AvgIpc) is 2.50. The summed E-state index contributed by atoms with van der Waals surface area (Å²) < 4.78 is 5.41. The Balaban J connectivity index is 2.79. The lowest BCUT2D eigenvalue weighted by Gasteiger charge is -2.15. The van der Waals surface area contributed by atoms with Crippen molar-refractivity contribution in [3.05, 3.63) is 58.2 Å². The normalized spacial score (nSPS) is 12.8. The minimum Gasteiger partial charge on any atom is -0.496 e. The van der Waals surface area contributed by atoms with Gasteiger partial charge in [-0.05, 0) is 62.9 Å². The minimum absolute atomic E-state index is 0.719. The van der Waals surface area contributed by atoms with Crippen molar-refractivity contribution in [3.8, 4) is 5.75 Å².